The quantitative estimate of drug-likeness (QED) is 0.130. The molecule has 0 bridgehead atoms. The van der Waals surface area contributed by atoms with Gasteiger partial charge in [-0.3, -0.25) is 0 Å². The third kappa shape index (κ3) is 5.75. The molecule has 0 heterocycles. The van der Waals surface area contributed by atoms with E-state index in [4.69, 9.17) is 0 Å². The van der Waals surface area contributed by atoms with Gasteiger partial charge in [0.25, 0.3) is 0 Å². The molecular formula is C12H2I8S2. The monoisotopic (exact) mass is 1230 g/mol. The number of halogens is 8. The first-order valence-corrected chi connectivity index (χ1v) is 16.0. The zero-order chi connectivity index (χ0) is 16.6. The molecule has 0 nitrogen and oxygen atoms in total. The van der Waals surface area contributed by atoms with E-state index in [-0.39, 0.29) is 0 Å². The summed E-state index contributed by atoms with van der Waals surface area (Å²) in [6.45, 7) is 0. The SMILES string of the molecule is Ic1cc(SSc2cc(I)c(I)c(I)c2I)c(I)c(I)c1I. The van der Waals surface area contributed by atoms with Gasteiger partial charge in [0.05, 0.1) is 0 Å². The lowest BCUT2D eigenvalue weighted by molar-refractivity contribution is 1.32. The molecule has 0 saturated carbocycles. The number of rotatable bonds is 3. The van der Waals surface area contributed by atoms with E-state index in [1.54, 1.807) is 0 Å². The van der Waals surface area contributed by atoms with Crippen molar-refractivity contribution >= 4 is 202 Å². The molecule has 0 amide bonds. The molecule has 0 radical (unpaired) electrons. The predicted octanol–water partition coefficient (Wildman–Crippen LogP) is 9.32. The van der Waals surface area contributed by atoms with Crippen molar-refractivity contribution in [3.05, 3.63) is 40.7 Å². The minimum absolute atomic E-state index is 1.33. The topological polar surface area (TPSA) is 0 Å². The molecule has 0 aliphatic heterocycles. The van der Waals surface area contributed by atoms with Crippen LogP contribution >= 0.6 is 202 Å². The molecule has 0 saturated heterocycles. The highest BCUT2D eigenvalue weighted by atomic mass is 127. The van der Waals surface area contributed by atoms with Crippen LogP contribution in [0.4, 0.5) is 0 Å². The van der Waals surface area contributed by atoms with Gasteiger partial charge in [-0.2, -0.15) is 0 Å². The third-order valence-electron chi connectivity index (χ3n) is 2.36. The number of hydrogen-bond acceptors (Lipinski definition) is 2. The maximum atomic E-state index is 2.46. The minimum atomic E-state index is 1.33. The van der Waals surface area contributed by atoms with Crippen LogP contribution in [0.25, 0.3) is 0 Å². The standard InChI is InChI=1S/C12H2I8S2/c13-3-1-5(9(17)11(19)7(3)15)21-22-6-2-4(14)8(16)12(20)10(6)18/h1-2H. The average molecular weight is 1230 g/mol. The summed E-state index contributed by atoms with van der Waals surface area (Å²) >= 11 is 19.5. The van der Waals surface area contributed by atoms with Crippen LogP contribution in [-0.4, -0.2) is 0 Å². The maximum absolute atomic E-state index is 2.46. The van der Waals surface area contributed by atoms with Crippen LogP contribution in [0.2, 0.25) is 0 Å². The Morgan fingerprint density at radius 2 is 0.773 bits per heavy atom. The molecule has 0 aliphatic rings. The molecule has 0 atom stereocenters. The zero-order valence-corrected chi connectivity index (χ0v) is 28.9. The van der Waals surface area contributed by atoms with Crippen molar-refractivity contribution < 1.29 is 0 Å². The van der Waals surface area contributed by atoms with E-state index >= 15 is 0 Å². The maximum Gasteiger partial charge on any atom is 0.0420 e. The van der Waals surface area contributed by atoms with Crippen molar-refractivity contribution in [1.29, 1.82) is 0 Å². The molecule has 2 rings (SSSR count). The molecule has 0 unspecified atom stereocenters. The minimum Gasteiger partial charge on any atom is -0.0513 e. The Morgan fingerprint density at radius 3 is 1.09 bits per heavy atom. The molecule has 22 heavy (non-hydrogen) atoms. The normalized spacial score (nSPS) is 11.1. The van der Waals surface area contributed by atoms with Crippen molar-refractivity contribution in [3.63, 3.8) is 0 Å². The number of benzene rings is 2. The summed E-state index contributed by atoms with van der Waals surface area (Å²) in [5, 5.41) is 0. The van der Waals surface area contributed by atoms with Crippen LogP contribution in [0, 0.1) is 28.6 Å². The summed E-state index contributed by atoms with van der Waals surface area (Å²) < 4.78 is 10.8. The second-order valence-corrected chi connectivity index (χ2v) is 14.8. The molecule has 0 fully saturated rings. The third-order valence-corrected chi connectivity index (χ3v) is 20.0. The van der Waals surface area contributed by atoms with E-state index in [0.29, 0.717) is 0 Å². The first-order valence-electron chi connectivity index (χ1n) is 5.24. The highest BCUT2D eigenvalue weighted by Crippen LogP contribution is 2.45. The van der Waals surface area contributed by atoms with Gasteiger partial charge in [-0.1, -0.05) is 21.6 Å². The Bertz CT molecular complexity index is 683. The van der Waals surface area contributed by atoms with E-state index in [1.165, 1.54) is 38.4 Å². The fourth-order valence-electron chi connectivity index (χ4n) is 1.31. The van der Waals surface area contributed by atoms with Gasteiger partial charge >= 0.3 is 0 Å². The lowest BCUT2D eigenvalue weighted by Crippen LogP contribution is -1.94. The van der Waals surface area contributed by atoms with Gasteiger partial charge in [0.15, 0.2) is 0 Å². The summed E-state index contributed by atoms with van der Waals surface area (Å²) in [6, 6.07) is 4.58. The molecule has 0 N–H and O–H groups in total. The van der Waals surface area contributed by atoms with Crippen LogP contribution in [-0.2, 0) is 0 Å². The summed E-state index contributed by atoms with van der Waals surface area (Å²) in [4.78, 5) is 2.69. The van der Waals surface area contributed by atoms with Crippen LogP contribution < -0.4 is 0 Å². The van der Waals surface area contributed by atoms with E-state index < -0.39 is 0 Å². The van der Waals surface area contributed by atoms with Crippen LogP contribution in [0.5, 0.6) is 0 Å². The first-order chi connectivity index (χ1) is 10.2. The summed E-state index contributed by atoms with van der Waals surface area (Å²) in [7, 11) is 3.71. The smallest absolute Gasteiger partial charge is 0.0420 e. The Hall–Kier alpha value is 4.98. The van der Waals surface area contributed by atoms with Gasteiger partial charge in [-0.15, -0.1) is 0 Å². The van der Waals surface area contributed by atoms with Gasteiger partial charge in [0.2, 0.25) is 0 Å². The van der Waals surface area contributed by atoms with E-state index in [2.05, 4.69) is 193 Å². The summed E-state index contributed by atoms with van der Waals surface area (Å²) in [5.74, 6) is 0. The molecular weight excluding hydrogens is 1220 g/mol. The Morgan fingerprint density at radius 1 is 0.455 bits per heavy atom. The van der Waals surface area contributed by atoms with E-state index in [9.17, 15) is 0 Å². The van der Waals surface area contributed by atoms with Crippen molar-refractivity contribution in [2.45, 2.75) is 9.79 Å². The van der Waals surface area contributed by atoms with Crippen LogP contribution in [0.3, 0.4) is 0 Å². The van der Waals surface area contributed by atoms with Gasteiger partial charge in [0, 0.05) is 38.4 Å². The van der Waals surface area contributed by atoms with E-state index in [1.807, 2.05) is 21.6 Å². The van der Waals surface area contributed by atoms with Gasteiger partial charge in [-0.05, 0) is 193 Å². The lowest BCUT2D eigenvalue weighted by Gasteiger charge is -2.12. The molecule has 118 valence electrons. The van der Waals surface area contributed by atoms with Gasteiger partial charge in [-0.25, -0.2) is 0 Å². The van der Waals surface area contributed by atoms with E-state index in [0.717, 1.165) is 0 Å². The van der Waals surface area contributed by atoms with Gasteiger partial charge < -0.3 is 0 Å². The molecule has 0 aliphatic carbocycles. The Kier molecular flexibility index (Phi) is 11.3. The van der Waals surface area contributed by atoms with Crippen molar-refractivity contribution in [1.82, 2.24) is 0 Å². The molecule has 2 aromatic rings. The molecule has 10 heteroatoms. The average Bonchev–Trinajstić information content (AvgIpc) is 2.49. The first kappa shape index (κ1) is 23.3. The second kappa shape index (κ2) is 10.7. The Labute approximate surface area is 246 Å². The summed E-state index contributed by atoms with van der Waals surface area (Å²) in [6.07, 6.45) is 0. The fourth-order valence-corrected chi connectivity index (χ4v) is 11.9. The van der Waals surface area contributed by atoms with Crippen molar-refractivity contribution in [2.24, 2.45) is 0 Å². The largest absolute Gasteiger partial charge is 0.0513 e. The fraction of sp³-hybridized carbons (Fsp3) is 0. The highest BCUT2D eigenvalue weighted by molar-refractivity contribution is 14.1. The van der Waals surface area contributed by atoms with Crippen molar-refractivity contribution in [3.8, 4) is 0 Å². The van der Waals surface area contributed by atoms with Crippen molar-refractivity contribution in [2.75, 3.05) is 0 Å². The highest BCUT2D eigenvalue weighted by Gasteiger charge is 2.15. The second-order valence-electron chi connectivity index (χ2n) is 3.76. The number of hydrogen-bond donors (Lipinski definition) is 0. The predicted molar refractivity (Wildman–Crippen MR) is 166 cm³/mol. The lowest BCUT2D eigenvalue weighted by atomic mass is 10.4. The Balaban J connectivity index is 2.32. The van der Waals surface area contributed by atoms with Crippen LogP contribution in [0.15, 0.2) is 21.9 Å². The molecule has 0 aromatic heterocycles. The molecule has 0 spiro atoms. The van der Waals surface area contributed by atoms with Gasteiger partial charge in [0.1, 0.15) is 0 Å². The zero-order valence-electron chi connectivity index (χ0n) is 9.99. The molecule has 2 aromatic carbocycles. The van der Waals surface area contributed by atoms with Crippen LogP contribution in [0.1, 0.15) is 0 Å². The summed E-state index contributed by atoms with van der Waals surface area (Å²) in [5.41, 5.74) is 0.